The van der Waals surface area contributed by atoms with Crippen LogP contribution in [0.5, 0.6) is 0 Å². The maximum absolute atomic E-state index is 13.6. The number of aliphatic hydroxyl groups is 1. The van der Waals surface area contributed by atoms with Gasteiger partial charge in [0.1, 0.15) is 5.82 Å². The number of anilines is 1. The minimum Gasteiger partial charge on any atom is -0.389 e. The zero-order chi connectivity index (χ0) is 21.3. The summed E-state index contributed by atoms with van der Waals surface area (Å²) in [7, 11) is 0. The maximum atomic E-state index is 13.6. The Morgan fingerprint density at radius 3 is 2.70 bits per heavy atom. The highest BCUT2D eigenvalue weighted by Crippen LogP contribution is 2.49. The Balaban J connectivity index is 1.58. The van der Waals surface area contributed by atoms with E-state index in [0.29, 0.717) is 13.0 Å². The van der Waals surface area contributed by atoms with Crippen molar-refractivity contribution >= 4 is 11.6 Å². The molecule has 2 aliphatic rings. The van der Waals surface area contributed by atoms with Gasteiger partial charge in [0.25, 0.3) is 0 Å². The molecule has 0 aromatic heterocycles. The molecule has 1 heterocycles. The van der Waals surface area contributed by atoms with E-state index in [1.807, 2.05) is 32.0 Å². The topological polar surface area (TPSA) is 52.6 Å². The number of amides is 1. The first kappa shape index (κ1) is 21.0. The van der Waals surface area contributed by atoms with Gasteiger partial charge < -0.3 is 10.4 Å². The van der Waals surface area contributed by atoms with Crippen LogP contribution in [0.4, 0.5) is 10.1 Å². The summed E-state index contributed by atoms with van der Waals surface area (Å²) in [5.41, 5.74) is 3.25. The molecule has 2 aromatic rings. The monoisotopic (exact) mass is 410 g/mol. The van der Waals surface area contributed by atoms with Crippen LogP contribution in [0.25, 0.3) is 0 Å². The summed E-state index contributed by atoms with van der Waals surface area (Å²) in [6.07, 6.45) is 4.51. The van der Waals surface area contributed by atoms with E-state index in [9.17, 15) is 14.3 Å². The van der Waals surface area contributed by atoms with Crippen molar-refractivity contribution in [1.29, 1.82) is 0 Å². The summed E-state index contributed by atoms with van der Waals surface area (Å²) in [6.45, 7) is 4.89. The van der Waals surface area contributed by atoms with Gasteiger partial charge in [0.15, 0.2) is 0 Å². The fraction of sp³-hybridized carbons (Fsp3) is 0.480. The highest BCUT2D eigenvalue weighted by atomic mass is 19.1. The third-order valence-corrected chi connectivity index (χ3v) is 6.90. The second-order valence-corrected chi connectivity index (χ2v) is 9.04. The molecule has 4 nitrogen and oxygen atoms in total. The lowest BCUT2D eigenvalue weighted by Gasteiger charge is -2.52. The maximum Gasteiger partial charge on any atom is 0.238 e. The van der Waals surface area contributed by atoms with E-state index >= 15 is 0 Å². The summed E-state index contributed by atoms with van der Waals surface area (Å²) in [4.78, 5) is 15.1. The molecule has 1 saturated carbocycles. The lowest BCUT2D eigenvalue weighted by atomic mass is 9.66. The molecular formula is C25H31FN2O2. The van der Waals surface area contributed by atoms with E-state index in [4.69, 9.17) is 0 Å². The van der Waals surface area contributed by atoms with Crippen LogP contribution >= 0.6 is 0 Å². The molecule has 2 aromatic carbocycles. The van der Waals surface area contributed by atoms with Crippen LogP contribution in [-0.4, -0.2) is 34.6 Å². The first-order chi connectivity index (χ1) is 14.4. The molecule has 0 radical (unpaired) electrons. The molecule has 160 valence electrons. The number of piperidine rings is 1. The minimum atomic E-state index is -0.697. The van der Waals surface area contributed by atoms with Crippen LogP contribution in [0.2, 0.25) is 0 Å². The van der Waals surface area contributed by atoms with Gasteiger partial charge in [0.2, 0.25) is 5.91 Å². The molecule has 0 spiro atoms. The van der Waals surface area contributed by atoms with Gasteiger partial charge in [-0.25, -0.2) is 4.39 Å². The molecule has 2 fully saturated rings. The van der Waals surface area contributed by atoms with Crippen LogP contribution in [0.3, 0.4) is 0 Å². The van der Waals surface area contributed by atoms with Gasteiger partial charge in [-0.15, -0.1) is 0 Å². The Morgan fingerprint density at radius 1 is 1.17 bits per heavy atom. The lowest BCUT2D eigenvalue weighted by molar-refractivity contribution is -0.135. The smallest absolute Gasteiger partial charge is 0.238 e. The lowest BCUT2D eigenvalue weighted by Crippen LogP contribution is -2.56. The zero-order valence-corrected chi connectivity index (χ0v) is 17.8. The van der Waals surface area contributed by atoms with Gasteiger partial charge in [-0.05, 0) is 68.0 Å². The van der Waals surface area contributed by atoms with E-state index in [0.717, 1.165) is 48.1 Å². The number of nitrogens with one attached hydrogen (secondary N) is 1. The van der Waals surface area contributed by atoms with Crippen molar-refractivity contribution < 1.29 is 14.3 Å². The largest absolute Gasteiger partial charge is 0.389 e. The summed E-state index contributed by atoms with van der Waals surface area (Å²) in [5.74, 6) is -0.274. The van der Waals surface area contributed by atoms with E-state index in [1.165, 1.54) is 12.1 Å². The number of carbonyl (C=O) groups is 1. The second-order valence-electron chi connectivity index (χ2n) is 9.04. The molecule has 4 rings (SSSR count). The Kier molecular flexibility index (Phi) is 5.94. The number of hydrogen-bond donors (Lipinski definition) is 2. The zero-order valence-electron chi connectivity index (χ0n) is 17.8. The Morgan fingerprint density at radius 2 is 1.93 bits per heavy atom. The van der Waals surface area contributed by atoms with Gasteiger partial charge in [-0.3, -0.25) is 9.69 Å². The van der Waals surface area contributed by atoms with Crippen molar-refractivity contribution in [2.45, 2.75) is 57.6 Å². The SMILES string of the molecule is Cc1ccc(C)c(NC(=O)CN2CCC3(O)CCCCC3C2c2ccc(F)cc2)c1. The summed E-state index contributed by atoms with van der Waals surface area (Å²) in [5, 5.41) is 14.4. The molecule has 30 heavy (non-hydrogen) atoms. The molecule has 1 saturated heterocycles. The van der Waals surface area contributed by atoms with Crippen molar-refractivity contribution in [1.82, 2.24) is 4.90 Å². The Labute approximate surface area is 178 Å². The quantitative estimate of drug-likeness (QED) is 0.765. The average molecular weight is 411 g/mol. The first-order valence-corrected chi connectivity index (χ1v) is 10.9. The molecule has 0 bridgehead atoms. The standard InChI is InChI=1S/C25H31FN2O2/c1-17-6-7-18(2)22(15-17)27-23(29)16-28-14-13-25(30)12-4-3-5-21(25)24(28)19-8-10-20(26)11-9-19/h6-11,15,21,24,30H,3-5,12-14,16H2,1-2H3,(H,27,29). The third kappa shape index (κ3) is 4.28. The minimum absolute atomic E-state index is 0.0546. The molecule has 1 amide bonds. The first-order valence-electron chi connectivity index (χ1n) is 10.9. The number of benzene rings is 2. The molecular weight excluding hydrogens is 379 g/mol. The van der Waals surface area contributed by atoms with Crippen LogP contribution in [0, 0.1) is 25.6 Å². The van der Waals surface area contributed by atoms with Crippen LogP contribution in [0.15, 0.2) is 42.5 Å². The molecule has 3 unspecified atom stereocenters. The van der Waals surface area contributed by atoms with Gasteiger partial charge in [0, 0.05) is 24.2 Å². The molecule has 3 atom stereocenters. The van der Waals surface area contributed by atoms with Crippen LogP contribution in [0.1, 0.15) is 54.8 Å². The number of aryl methyl sites for hydroxylation is 2. The fourth-order valence-electron chi connectivity index (χ4n) is 5.27. The Bertz CT molecular complexity index is 914. The Hall–Kier alpha value is -2.24. The second kappa shape index (κ2) is 8.48. The van der Waals surface area contributed by atoms with Gasteiger partial charge in [-0.2, -0.15) is 0 Å². The summed E-state index contributed by atoms with van der Waals surface area (Å²) >= 11 is 0. The predicted octanol–water partition coefficient (Wildman–Crippen LogP) is 4.75. The third-order valence-electron chi connectivity index (χ3n) is 6.90. The number of carbonyl (C=O) groups excluding carboxylic acids is 1. The summed E-state index contributed by atoms with van der Waals surface area (Å²) in [6, 6.07) is 12.5. The molecule has 5 heteroatoms. The van der Waals surface area contributed by atoms with Crippen molar-refractivity contribution in [2.75, 3.05) is 18.4 Å². The fourth-order valence-corrected chi connectivity index (χ4v) is 5.27. The van der Waals surface area contributed by atoms with Crippen LogP contribution in [-0.2, 0) is 4.79 Å². The van der Waals surface area contributed by atoms with Crippen molar-refractivity contribution in [2.24, 2.45) is 5.92 Å². The molecule has 1 aliphatic carbocycles. The van der Waals surface area contributed by atoms with E-state index in [-0.39, 0.29) is 30.2 Å². The van der Waals surface area contributed by atoms with Crippen LogP contribution < -0.4 is 5.32 Å². The highest BCUT2D eigenvalue weighted by molar-refractivity contribution is 5.93. The van der Waals surface area contributed by atoms with E-state index < -0.39 is 5.60 Å². The number of nitrogens with zero attached hydrogens (tertiary/aromatic N) is 1. The molecule has 2 N–H and O–H groups in total. The predicted molar refractivity (Wildman–Crippen MR) is 117 cm³/mol. The number of likely N-dealkylation sites (tertiary alicyclic amines) is 1. The van der Waals surface area contributed by atoms with Gasteiger partial charge in [-0.1, -0.05) is 37.1 Å². The number of halogens is 1. The highest BCUT2D eigenvalue weighted by Gasteiger charge is 2.49. The number of rotatable bonds is 4. The van der Waals surface area contributed by atoms with Gasteiger partial charge >= 0.3 is 0 Å². The van der Waals surface area contributed by atoms with E-state index in [1.54, 1.807) is 12.1 Å². The van der Waals surface area contributed by atoms with Crippen molar-refractivity contribution in [3.8, 4) is 0 Å². The number of hydrogen-bond acceptors (Lipinski definition) is 3. The molecule has 1 aliphatic heterocycles. The normalized spacial score (nSPS) is 26.8. The number of fused-ring (bicyclic) bond motifs is 1. The van der Waals surface area contributed by atoms with Crippen molar-refractivity contribution in [3.63, 3.8) is 0 Å². The van der Waals surface area contributed by atoms with Gasteiger partial charge in [0.05, 0.1) is 12.1 Å². The average Bonchev–Trinajstić information content (AvgIpc) is 2.71. The van der Waals surface area contributed by atoms with Crippen molar-refractivity contribution in [3.05, 3.63) is 65.0 Å². The van der Waals surface area contributed by atoms with E-state index in [2.05, 4.69) is 10.2 Å². The summed E-state index contributed by atoms with van der Waals surface area (Å²) < 4.78 is 13.6.